The van der Waals surface area contributed by atoms with Crippen molar-refractivity contribution in [1.29, 1.82) is 0 Å². The number of alkyl carbamates (subject to hydrolysis) is 1. The van der Waals surface area contributed by atoms with Crippen LogP contribution in [0.25, 0.3) is 0 Å². The van der Waals surface area contributed by atoms with E-state index in [2.05, 4.69) is 10.6 Å². The largest absolute Gasteiger partial charge is 0.460 e. The van der Waals surface area contributed by atoms with E-state index in [9.17, 15) is 23.4 Å². The van der Waals surface area contributed by atoms with Crippen LogP contribution in [0.1, 0.15) is 45.2 Å². The fraction of sp³-hybridized carbons (Fsp3) is 0.583. The van der Waals surface area contributed by atoms with E-state index in [1.807, 2.05) is 0 Å². The average molecular weight is 609 g/mol. The molecule has 0 aromatic heterocycles. The summed E-state index contributed by atoms with van der Waals surface area (Å²) in [5.41, 5.74) is 0.464. The molecule has 2 aliphatic heterocycles. The second-order valence-corrected chi connectivity index (χ2v) is 14.7. The summed E-state index contributed by atoms with van der Waals surface area (Å²) in [5, 5.41) is 4.20. The molecule has 3 aliphatic rings. The van der Waals surface area contributed by atoms with Crippen LogP contribution in [0.4, 0.5) is 4.79 Å². The molecule has 10 nitrogen and oxygen atoms in total. The van der Waals surface area contributed by atoms with E-state index in [4.69, 9.17) is 44.3 Å². The van der Waals surface area contributed by atoms with Crippen molar-refractivity contribution in [1.82, 2.24) is 15.5 Å². The van der Waals surface area contributed by atoms with E-state index in [1.165, 1.54) is 0 Å². The molecule has 2 saturated heterocycles. The molecular formula is C24H28Cl3N3O7S. The maximum atomic E-state index is 13.4. The highest BCUT2D eigenvalue weighted by Gasteiger charge is 2.68. The predicted octanol–water partition coefficient (Wildman–Crippen LogP) is 2.73. The van der Waals surface area contributed by atoms with Gasteiger partial charge in [-0.25, -0.2) is 9.59 Å². The molecule has 14 heteroatoms. The van der Waals surface area contributed by atoms with Crippen molar-refractivity contribution in [3.05, 3.63) is 35.9 Å². The number of nitrogens with zero attached hydrogens (tertiary/aromatic N) is 1. The summed E-state index contributed by atoms with van der Waals surface area (Å²) < 4.78 is 20.8. The van der Waals surface area contributed by atoms with E-state index in [1.54, 1.807) is 51.1 Å². The molecule has 2 heterocycles. The Morgan fingerprint density at radius 2 is 1.82 bits per heavy atom. The molecule has 5 unspecified atom stereocenters. The van der Waals surface area contributed by atoms with Gasteiger partial charge in [0.2, 0.25) is 15.6 Å². The highest BCUT2D eigenvalue weighted by Crippen LogP contribution is 2.44. The monoisotopic (exact) mass is 607 g/mol. The number of ether oxygens (including phenoxy) is 2. The topological polar surface area (TPSA) is 131 Å². The fourth-order valence-electron chi connectivity index (χ4n) is 4.67. The van der Waals surface area contributed by atoms with Gasteiger partial charge in [0.25, 0.3) is 0 Å². The van der Waals surface area contributed by atoms with Crippen LogP contribution in [-0.2, 0) is 34.7 Å². The van der Waals surface area contributed by atoms with E-state index in [0.717, 1.165) is 17.7 Å². The lowest BCUT2D eigenvalue weighted by atomic mass is 9.95. The van der Waals surface area contributed by atoms with Crippen molar-refractivity contribution < 1.29 is 32.9 Å². The van der Waals surface area contributed by atoms with E-state index >= 15 is 0 Å². The number of halogens is 3. The van der Waals surface area contributed by atoms with Gasteiger partial charge in [0.1, 0.15) is 36.2 Å². The Labute approximate surface area is 237 Å². The molecule has 6 atom stereocenters. The number of rotatable bonds is 8. The second kappa shape index (κ2) is 10.8. The SMILES string of the molecule is CC(OC(=O)NC(C(=O)NC1C(=O)N2C(C(=O)OCC(Cl)(Cl)Cl)C(C)(C)S(=O)[C@H]12)c1ccccc1)C1CC1. The van der Waals surface area contributed by atoms with Crippen molar-refractivity contribution >= 4 is 69.5 Å². The second-order valence-electron chi connectivity index (χ2n) is 10.1. The Balaban J connectivity index is 1.48. The van der Waals surface area contributed by atoms with Crippen molar-refractivity contribution in [3.63, 3.8) is 0 Å². The molecule has 38 heavy (non-hydrogen) atoms. The Morgan fingerprint density at radius 1 is 1.18 bits per heavy atom. The highest BCUT2D eigenvalue weighted by molar-refractivity contribution is 7.87. The Kier molecular flexibility index (Phi) is 8.24. The van der Waals surface area contributed by atoms with Crippen molar-refractivity contribution in [2.24, 2.45) is 5.92 Å². The van der Waals surface area contributed by atoms with Gasteiger partial charge in [-0.15, -0.1) is 0 Å². The molecule has 1 aliphatic carbocycles. The van der Waals surface area contributed by atoms with E-state index in [-0.39, 0.29) is 6.10 Å². The van der Waals surface area contributed by atoms with Gasteiger partial charge >= 0.3 is 12.1 Å². The zero-order valence-corrected chi connectivity index (χ0v) is 23.9. The smallest absolute Gasteiger partial charge is 0.408 e. The van der Waals surface area contributed by atoms with Gasteiger partial charge in [0, 0.05) is 0 Å². The molecule has 0 bridgehead atoms. The number of hydrogen-bond donors (Lipinski definition) is 2. The minimum atomic E-state index is -1.86. The lowest BCUT2D eigenvalue weighted by Gasteiger charge is -2.43. The zero-order valence-electron chi connectivity index (χ0n) is 20.8. The Hall–Kier alpha value is -2.08. The summed E-state index contributed by atoms with van der Waals surface area (Å²) in [6, 6.07) is 4.90. The molecule has 3 amide bonds. The number of carbonyl (C=O) groups is 4. The van der Waals surface area contributed by atoms with Gasteiger partial charge in [-0.05, 0) is 45.1 Å². The van der Waals surface area contributed by atoms with Crippen LogP contribution in [-0.4, -0.2) is 71.7 Å². The normalized spacial score (nSPS) is 27.4. The molecule has 0 spiro atoms. The first-order chi connectivity index (χ1) is 17.7. The molecule has 2 N–H and O–H groups in total. The maximum Gasteiger partial charge on any atom is 0.408 e. The summed E-state index contributed by atoms with van der Waals surface area (Å²) in [6.07, 6.45) is 0.895. The summed E-state index contributed by atoms with van der Waals surface area (Å²) in [7, 11) is -1.76. The van der Waals surface area contributed by atoms with E-state index in [0.29, 0.717) is 11.5 Å². The third-order valence-electron chi connectivity index (χ3n) is 6.89. The standard InChI is InChI=1S/C24H28Cl3N3O7S/c1-12(13-9-10-13)37-22(34)29-15(14-7-5-4-6-8-14)18(31)28-16-19(32)30-17(21(33)36-11-24(25,26)27)23(2,3)38(35)20(16)30/h4-8,12-13,15-17,20H,9-11H2,1-3H3,(H,28,31)(H,29,34)/t12?,15?,16?,17?,20-,38?/m1/s1. The van der Waals surface area contributed by atoms with Crippen molar-refractivity contribution in [2.75, 3.05) is 6.61 Å². The van der Waals surface area contributed by atoms with Crippen LogP contribution in [0, 0.1) is 5.92 Å². The number of alkyl halides is 3. The predicted molar refractivity (Wildman–Crippen MR) is 141 cm³/mol. The average Bonchev–Trinajstić information content (AvgIpc) is 3.67. The van der Waals surface area contributed by atoms with Crippen LogP contribution in [0.15, 0.2) is 30.3 Å². The van der Waals surface area contributed by atoms with Crippen LogP contribution in [0.3, 0.4) is 0 Å². The first-order valence-electron chi connectivity index (χ1n) is 12.0. The fourth-order valence-corrected chi connectivity index (χ4v) is 6.75. The van der Waals surface area contributed by atoms with Gasteiger partial charge in [-0.2, -0.15) is 0 Å². The minimum absolute atomic E-state index is 0.294. The third kappa shape index (κ3) is 5.90. The number of hydrogen-bond acceptors (Lipinski definition) is 7. The zero-order chi connectivity index (χ0) is 28.0. The summed E-state index contributed by atoms with van der Waals surface area (Å²) in [4.78, 5) is 53.0. The van der Waals surface area contributed by atoms with E-state index < -0.39 is 73.3 Å². The number of carbonyl (C=O) groups excluding carboxylic acids is 4. The first-order valence-corrected chi connectivity index (χ1v) is 14.4. The number of benzene rings is 1. The Morgan fingerprint density at radius 3 is 2.39 bits per heavy atom. The lowest BCUT2D eigenvalue weighted by Crippen LogP contribution is -2.72. The molecule has 0 radical (unpaired) electrons. The Bertz CT molecular complexity index is 1140. The van der Waals surface area contributed by atoms with Crippen LogP contribution in [0.2, 0.25) is 0 Å². The maximum absolute atomic E-state index is 13.4. The summed E-state index contributed by atoms with van der Waals surface area (Å²) in [6.45, 7) is 4.35. The first kappa shape index (κ1) is 28.9. The highest BCUT2D eigenvalue weighted by atomic mass is 35.6. The molecule has 3 fully saturated rings. The lowest BCUT2D eigenvalue weighted by molar-refractivity contribution is -0.164. The number of esters is 1. The molecule has 1 aromatic rings. The molecule has 1 saturated carbocycles. The summed E-state index contributed by atoms with van der Waals surface area (Å²) >= 11 is 17.0. The van der Waals surface area contributed by atoms with Gasteiger partial charge in [-0.3, -0.25) is 13.8 Å². The van der Waals surface area contributed by atoms with Crippen molar-refractivity contribution in [2.45, 2.75) is 71.8 Å². The number of fused-ring (bicyclic) bond motifs is 1. The molecular weight excluding hydrogens is 581 g/mol. The quantitative estimate of drug-likeness (QED) is 0.264. The van der Waals surface area contributed by atoms with Crippen LogP contribution in [0.5, 0.6) is 0 Å². The number of β-lactam (4-membered cyclic amide) rings is 1. The minimum Gasteiger partial charge on any atom is -0.460 e. The molecule has 208 valence electrons. The number of nitrogens with one attached hydrogen (secondary N) is 2. The third-order valence-corrected chi connectivity index (χ3v) is 9.42. The van der Waals surface area contributed by atoms with Crippen LogP contribution < -0.4 is 10.6 Å². The van der Waals surface area contributed by atoms with Gasteiger partial charge in [0.05, 0.1) is 15.5 Å². The summed E-state index contributed by atoms with van der Waals surface area (Å²) in [5.74, 6) is -1.87. The van der Waals surface area contributed by atoms with Crippen molar-refractivity contribution in [3.8, 4) is 0 Å². The number of amides is 3. The molecule has 4 rings (SSSR count). The van der Waals surface area contributed by atoms with Gasteiger partial charge < -0.3 is 25.0 Å². The van der Waals surface area contributed by atoms with Crippen LogP contribution >= 0.6 is 34.8 Å². The van der Waals surface area contributed by atoms with Gasteiger partial charge in [-0.1, -0.05) is 65.1 Å². The van der Waals surface area contributed by atoms with Gasteiger partial charge in [0.15, 0.2) is 0 Å². The molecule has 1 aromatic carbocycles.